The molecular formula is C21H20ClFN6O3. The molecule has 1 saturated carbocycles. The summed E-state index contributed by atoms with van der Waals surface area (Å²) in [5.74, 6) is -2.05. The summed E-state index contributed by atoms with van der Waals surface area (Å²) >= 11 is 5.76. The number of pyridine rings is 1. The molecular weight excluding hydrogens is 439 g/mol. The maximum absolute atomic E-state index is 14.0. The number of nitrogens with one attached hydrogen (secondary N) is 1. The quantitative estimate of drug-likeness (QED) is 0.531. The highest BCUT2D eigenvalue weighted by molar-refractivity contribution is 6.30. The van der Waals surface area contributed by atoms with Crippen molar-refractivity contribution in [3.63, 3.8) is 0 Å². The van der Waals surface area contributed by atoms with E-state index in [9.17, 15) is 18.8 Å². The molecule has 3 aromatic rings. The molecule has 2 heterocycles. The van der Waals surface area contributed by atoms with Crippen molar-refractivity contribution in [2.75, 3.05) is 6.54 Å². The average molecular weight is 459 g/mol. The smallest absolute Gasteiger partial charge is 0.269 e. The lowest BCUT2D eigenvalue weighted by Crippen LogP contribution is -2.43. The van der Waals surface area contributed by atoms with Crippen molar-refractivity contribution in [2.45, 2.75) is 32.0 Å². The van der Waals surface area contributed by atoms with E-state index in [1.807, 2.05) is 0 Å². The summed E-state index contributed by atoms with van der Waals surface area (Å²) in [5, 5.41) is 7.26. The lowest BCUT2D eigenvalue weighted by molar-refractivity contribution is -0.137. The first-order chi connectivity index (χ1) is 15.3. The van der Waals surface area contributed by atoms with Crippen molar-refractivity contribution in [3.8, 4) is 0 Å². The summed E-state index contributed by atoms with van der Waals surface area (Å²) in [6, 6.07) is 6.10. The molecule has 32 heavy (non-hydrogen) atoms. The fourth-order valence-corrected chi connectivity index (χ4v) is 3.63. The second kappa shape index (κ2) is 8.91. The second-order valence-electron chi connectivity index (χ2n) is 7.51. The molecule has 11 heteroatoms. The van der Waals surface area contributed by atoms with Crippen LogP contribution < -0.4 is 11.1 Å². The van der Waals surface area contributed by atoms with Gasteiger partial charge in [-0.15, -0.1) is 0 Å². The van der Waals surface area contributed by atoms with Crippen LogP contribution in [0.1, 0.15) is 28.9 Å². The average Bonchev–Trinajstić information content (AvgIpc) is 3.54. The van der Waals surface area contributed by atoms with Crippen LogP contribution in [0.5, 0.6) is 0 Å². The standard InChI is InChI=1S/C21H20ClFN6O3/c22-15-3-1-2-12(19(15)23)8-26-17(30)10-28(13-4-5-13)18(31)11-29-16-9-25-7-6-14(16)20(27-29)21(24)32/h1-3,6-7,9,13H,4-5,8,10-11H2,(H2,24,32)(H,26,30). The van der Waals surface area contributed by atoms with Gasteiger partial charge in [0.15, 0.2) is 5.69 Å². The number of hydrogen-bond donors (Lipinski definition) is 2. The lowest BCUT2D eigenvalue weighted by atomic mass is 10.2. The number of halogens is 2. The Balaban J connectivity index is 1.45. The zero-order chi connectivity index (χ0) is 22.8. The number of aromatic nitrogens is 3. The van der Waals surface area contributed by atoms with Crippen molar-refractivity contribution in [2.24, 2.45) is 5.73 Å². The van der Waals surface area contributed by atoms with E-state index >= 15 is 0 Å². The molecule has 4 rings (SSSR count). The highest BCUT2D eigenvalue weighted by atomic mass is 35.5. The van der Waals surface area contributed by atoms with Crippen molar-refractivity contribution < 1.29 is 18.8 Å². The third-order valence-electron chi connectivity index (χ3n) is 5.20. The number of carbonyl (C=O) groups excluding carboxylic acids is 3. The van der Waals surface area contributed by atoms with Crippen molar-refractivity contribution >= 4 is 40.2 Å². The number of fused-ring (bicyclic) bond motifs is 1. The molecule has 0 atom stereocenters. The minimum Gasteiger partial charge on any atom is -0.364 e. The van der Waals surface area contributed by atoms with Gasteiger partial charge in [-0.3, -0.25) is 24.0 Å². The molecule has 1 aliphatic carbocycles. The van der Waals surface area contributed by atoms with Gasteiger partial charge in [-0.25, -0.2) is 4.39 Å². The number of benzene rings is 1. The van der Waals surface area contributed by atoms with Crippen LogP contribution in [0.3, 0.4) is 0 Å². The Bertz CT molecular complexity index is 1210. The van der Waals surface area contributed by atoms with Gasteiger partial charge >= 0.3 is 0 Å². The maximum atomic E-state index is 14.0. The SMILES string of the molecule is NC(=O)c1nn(CC(=O)N(CC(=O)NCc2cccc(Cl)c2F)C2CC2)c2cnccc12. The Hall–Kier alpha value is -3.53. The molecule has 1 aliphatic rings. The van der Waals surface area contributed by atoms with Crippen LogP contribution in [0, 0.1) is 5.82 Å². The van der Waals surface area contributed by atoms with Gasteiger partial charge in [0.1, 0.15) is 12.4 Å². The highest BCUT2D eigenvalue weighted by Crippen LogP contribution is 2.27. The van der Waals surface area contributed by atoms with Crippen LogP contribution in [0.2, 0.25) is 5.02 Å². The van der Waals surface area contributed by atoms with Gasteiger partial charge in [-0.05, 0) is 25.0 Å². The van der Waals surface area contributed by atoms with Crippen molar-refractivity contribution in [1.82, 2.24) is 25.0 Å². The fourth-order valence-electron chi connectivity index (χ4n) is 3.44. The summed E-state index contributed by atoms with van der Waals surface area (Å²) in [4.78, 5) is 42.6. The largest absolute Gasteiger partial charge is 0.364 e. The van der Waals surface area contributed by atoms with E-state index in [1.165, 1.54) is 34.1 Å². The van der Waals surface area contributed by atoms with E-state index in [1.54, 1.807) is 12.1 Å². The number of nitrogens with zero attached hydrogens (tertiary/aromatic N) is 4. The van der Waals surface area contributed by atoms with Crippen molar-refractivity contribution in [3.05, 3.63) is 58.8 Å². The molecule has 0 spiro atoms. The van der Waals surface area contributed by atoms with E-state index in [0.717, 1.165) is 12.8 Å². The molecule has 3 N–H and O–H groups in total. The van der Waals surface area contributed by atoms with Gasteiger partial charge in [-0.2, -0.15) is 5.10 Å². The molecule has 9 nitrogen and oxygen atoms in total. The van der Waals surface area contributed by atoms with Crippen LogP contribution in [-0.2, 0) is 22.7 Å². The maximum Gasteiger partial charge on any atom is 0.269 e. The first-order valence-electron chi connectivity index (χ1n) is 9.94. The van der Waals surface area contributed by atoms with E-state index in [2.05, 4.69) is 15.4 Å². The van der Waals surface area contributed by atoms with Gasteiger partial charge in [0.25, 0.3) is 5.91 Å². The summed E-state index contributed by atoms with van der Waals surface area (Å²) in [6.07, 6.45) is 4.58. The summed E-state index contributed by atoms with van der Waals surface area (Å²) < 4.78 is 15.4. The Kier molecular flexibility index (Phi) is 6.04. The van der Waals surface area contributed by atoms with Gasteiger partial charge in [-0.1, -0.05) is 23.7 Å². The highest BCUT2D eigenvalue weighted by Gasteiger charge is 2.34. The predicted molar refractivity (Wildman–Crippen MR) is 114 cm³/mol. The lowest BCUT2D eigenvalue weighted by Gasteiger charge is -2.22. The topological polar surface area (TPSA) is 123 Å². The molecule has 3 amide bonds. The van der Waals surface area contributed by atoms with E-state index in [0.29, 0.717) is 10.9 Å². The molecule has 1 aromatic carbocycles. The number of hydrogen-bond acceptors (Lipinski definition) is 5. The summed E-state index contributed by atoms with van der Waals surface area (Å²) in [7, 11) is 0. The number of primary amides is 1. The monoisotopic (exact) mass is 458 g/mol. The van der Waals surface area contributed by atoms with Gasteiger partial charge in [0.05, 0.1) is 23.3 Å². The molecule has 0 unspecified atom stereocenters. The summed E-state index contributed by atoms with van der Waals surface area (Å²) in [5.41, 5.74) is 6.19. The third-order valence-corrected chi connectivity index (χ3v) is 5.49. The normalized spacial score (nSPS) is 13.2. The van der Waals surface area contributed by atoms with E-state index < -0.39 is 17.6 Å². The van der Waals surface area contributed by atoms with E-state index in [-0.39, 0.29) is 47.9 Å². The minimum atomic E-state index is -0.709. The number of amides is 3. The van der Waals surface area contributed by atoms with Crippen LogP contribution in [0.15, 0.2) is 36.7 Å². The van der Waals surface area contributed by atoms with Crippen molar-refractivity contribution in [1.29, 1.82) is 0 Å². The number of carbonyl (C=O) groups is 3. The van der Waals surface area contributed by atoms with Crippen LogP contribution in [0.25, 0.3) is 10.9 Å². The summed E-state index contributed by atoms with van der Waals surface area (Å²) in [6.45, 7) is -0.399. The molecule has 2 aromatic heterocycles. The predicted octanol–water partition coefficient (Wildman–Crippen LogP) is 1.63. The molecule has 0 aliphatic heterocycles. The van der Waals surface area contributed by atoms with Gasteiger partial charge < -0.3 is 16.0 Å². The molecule has 0 radical (unpaired) electrons. The minimum absolute atomic E-state index is 0.0252. The third kappa shape index (κ3) is 4.54. The second-order valence-corrected chi connectivity index (χ2v) is 7.91. The zero-order valence-electron chi connectivity index (χ0n) is 16.9. The van der Waals surface area contributed by atoms with Crippen LogP contribution in [0.4, 0.5) is 4.39 Å². The molecule has 0 saturated heterocycles. The first-order valence-corrected chi connectivity index (χ1v) is 10.3. The zero-order valence-corrected chi connectivity index (χ0v) is 17.7. The van der Waals surface area contributed by atoms with Crippen LogP contribution >= 0.6 is 11.6 Å². The molecule has 166 valence electrons. The Labute approximate surface area is 187 Å². The Morgan fingerprint density at radius 1 is 1.28 bits per heavy atom. The molecule has 1 fully saturated rings. The first kappa shape index (κ1) is 21.7. The Morgan fingerprint density at radius 3 is 2.78 bits per heavy atom. The van der Waals surface area contributed by atoms with Gasteiger partial charge in [0.2, 0.25) is 11.8 Å². The van der Waals surface area contributed by atoms with Crippen LogP contribution in [-0.4, -0.2) is 50.0 Å². The van der Waals surface area contributed by atoms with E-state index in [4.69, 9.17) is 17.3 Å². The fraction of sp³-hybridized carbons (Fsp3) is 0.286. The molecule has 0 bridgehead atoms. The van der Waals surface area contributed by atoms with Gasteiger partial charge in [0, 0.05) is 29.7 Å². The number of nitrogens with two attached hydrogens (primary N) is 1. The Morgan fingerprint density at radius 2 is 2.06 bits per heavy atom. The number of rotatable bonds is 8.